The number of benzene rings is 2. The number of rotatable bonds is 13. The summed E-state index contributed by atoms with van der Waals surface area (Å²) >= 11 is 0. The third-order valence-corrected chi connectivity index (χ3v) is 6.72. The van der Waals surface area contributed by atoms with Crippen molar-refractivity contribution in [2.45, 2.75) is 46.5 Å². The second-order valence-corrected chi connectivity index (χ2v) is 8.81. The van der Waals surface area contributed by atoms with Crippen LogP contribution in [-0.4, -0.2) is 33.5 Å². The summed E-state index contributed by atoms with van der Waals surface area (Å²) in [5.41, 5.74) is 1.43. The molecule has 2 aromatic rings. The molecule has 0 aliphatic carbocycles. The van der Waals surface area contributed by atoms with Crippen molar-refractivity contribution < 1.29 is 42.6 Å². The van der Waals surface area contributed by atoms with E-state index >= 15 is 0 Å². The van der Waals surface area contributed by atoms with Gasteiger partial charge in [0.1, 0.15) is 28.6 Å². The topological polar surface area (TPSA) is 54.0 Å². The molecule has 2 atom stereocenters. The number of unbranched alkanes of at least 4 members (excludes halogenated alkanes) is 1. The van der Waals surface area contributed by atoms with Gasteiger partial charge in [-0.3, -0.25) is 4.79 Å². The molecule has 0 aliphatic heterocycles. The predicted molar refractivity (Wildman–Crippen MR) is 128 cm³/mol. The Balaban J connectivity index is 0.00000512. The number of ether oxygens (including phenoxy) is 4. The van der Waals surface area contributed by atoms with Crippen molar-refractivity contribution in [3.8, 4) is 23.0 Å². The van der Waals surface area contributed by atoms with Crippen LogP contribution in [0.5, 0.6) is 23.0 Å². The molecule has 0 radical (unpaired) electrons. The molecule has 170 valence electrons. The van der Waals surface area contributed by atoms with Crippen LogP contribution < -0.4 is 43.1 Å². The van der Waals surface area contributed by atoms with Gasteiger partial charge in [-0.25, -0.2) is 0 Å². The number of carbonyl (C=O) groups excluding carboxylic acids is 1. The van der Waals surface area contributed by atoms with Crippen molar-refractivity contribution in [1.82, 2.24) is 0 Å². The largest absolute Gasteiger partial charge is 1.00 e. The molecule has 0 saturated heterocycles. The SMILES string of the molecule is CCCCC(CC)COc1ccc(PC(=O)c2c(OC)cc(OC)cc2OC)c(C)c1.[Li+]. The first-order chi connectivity index (χ1) is 15.0. The molecule has 0 heterocycles. The molecule has 0 fully saturated rings. The monoisotopic (exact) mass is 453 g/mol. The minimum Gasteiger partial charge on any atom is -0.496 e. The van der Waals surface area contributed by atoms with E-state index in [9.17, 15) is 4.79 Å². The third-order valence-electron chi connectivity index (χ3n) is 5.42. The molecule has 0 spiro atoms. The first-order valence-electron chi connectivity index (χ1n) is 10.8. The molecule has 2 aromatic carbocycles. The standard InChI is InChI=1S/C25H35O5P.Li/c1-7-9-10-18(8-2)16-30-19-11-12-23(17(3)13-19)31-25(26)24-21(28-5)14-20(27-4)15-22(24)29-6;/h11-15,18,31H,7-10,16H2,1-6H3;/q;+1. The summed E-state index contributed by atoms with van der Waals surface area (Å²) in [4.78, 5) is 13.1. The van der Waals surface area contributed by atoms with Crippen molar-refractivity contribution in [2.24, 2.45) is 5.92 Å². The zero-order chi connectivity index (χ0) is 22.8. The quantitative estimate of drug-likeness (QED) is 0.345. The summed E-state index contributed by atoms with van der Waals surface area (Å²) in [5.74, 6) is 2.91. The Labute approximate surface area is 206 Å². The fourth-order valence-corrected chi connectivity index (χ4v) is 4.44. The van der Waals surface area contributed by atoms with Crippen LogP contribution in [0.4, 0.5) is 0 Å². The number of hydrogen-bond donors (Lipinski definition) is 0. The van der Waals surface area contributed by atoms with Gasteiger partial charge in [0.25, 0.3) is 0 Å². The van der Waals surface area contributed by atoms with Gasteiger partial charge in [-0.05, 0) is 50.8 Å². The average Bonchev–Trinajstić information content (AvgIpc) is 2.79. The molecule has 2 rings (SSSR count). The number of aryl methyl sites for hydroxylation is 1. The zero-order valence-electron chi connectivity index (χ0n) is 20.5. The van der Waals surface area contributed by atoms with Crippen LogP contribution in [0.15, 0.2) is 30.3 Å². The summed E-state index contributed by atoms with van der Waals surface area (Å²) in [6.45, 7) is 7.18. The Morgan fingerprint density at radius 1 is 0.969 bits per heavy atom. The van der Waals surface area contributed by atoms with Crippen molar-refractivity contribution in [3.63, 3.8) is 0 Å². The minimum absolute atomic E-state index is 0. The maximum absolute atomic E-state index is 13.1. The summed E-state index contributed by atoms with van der Waals surface area (Å²) in [6, 6.07) is 9.36. The van der Waals surface area contributed by atoms with E-state index < -0.39 is 0 Å². The number of hydrogen-bond acceptors (Lipinski definition) is 5. The third kappa shape index (κ3) is 7.73. The Morgan fingerprint density at radius 2 is 1.62 bits per heavy atom. The molecule has 5 nitrogen and oxygen atoms in total. The van der Waals surface area contributed by atoms with Gasteiger partial charge in [-0.15, -0.1) is 0 Å². The molecule has 2 unspecified atom stereocenters. The van der Waals surface area contributed by atoms with Crippen molar-refractivity contribution in [1.29, 1.82) is 0 Å². The second kappa shape index (κ2) is 14.5. The fourth-order valence-electron chi connectivity index (χ4n) is 3.39. The number of carbonyl (C=O) groups is 1. The fraction of sp³-hybridized carbons (Fsp3) is 0.480. The molecular formula is C25H35LiO5P+. The molecule has 0 bridgehead atoms. The Kier molecular flexibility index (Phi) is 12.8. The van der Waals surface area contributed by atoms with Crippen LogP contribution in [-0.2, 0) is 0 Å². The molecule has 0 N–H and O–H groups in total. The maximum atomic E-state index is 13.1. The van der Waals surface area contributed by atoms with Gasteiger partial charge in [0.2, 0.25) is 0 Å². The van der Waals surface area contributed by atoms with Crippen molar-refractivity contribution >= 4 is 19.4 Å². The Hall–Kier alpha value is -1.66. The minimum atomic E-state index is -0.0507. The van der Waals surface area contributed by atoms with Crippen LogP contribution in [0.1, 0.15) is 55.5 Å². The smallest absolute Gasteiger partial charge is 0.496 e. The van der Waals surface area contributed by atoms with E-state index in [1.54, 1.807) is 19.2 Å². The van der Waals surface area contributed by atoms with E-state index in [0.717, 1.165) is 29.6 Å². The van der Waals surface area contributed by atoms with Crippen molar-refractivity contribution in [2.75, 3.05) is 27.9 Å². The van der Waals surface area contributed by atoms with Crippen LogP contribution in [0.2, 0.25) is 0 Å². The van der Waals surface area contributed by atoms with E-state index in [1.807, 2.05) is 25.1 Å². The van der Waals surface area contributed by atoms with E-state index in [-0.39, 0.29) is 33.0 Å². The van der Waals surface area contributed by atoms with Gasteiger partial charge >= 0.3 is 18.9 Å². The molecule has 0 saturated carbocycles. The Morgan fingerprint density at radius 3 is 2.12 bits per heavy atom. The summed E-state index contributed by atoms with van der Waals surface area (Å²) < 4.78 is 22.2. The summed E-state index contributed by atoms with van der Waals surface area (Å²) in [6.07, 6.45) is 4.77. The van der Waals surface area contributed by atoms with Gasteiger partial charge in [0.05, 0.1) is 27.9 Å². The zero-order valence-corrected chi connectivity index (χ0v) is 21.5. The summed E-state index contributed by atoms with van der Waals surface area (Å²) in [5, 5.41) is 0.982. The predicted octanol–water partition coefficient (Wildman–Crippen LogP) is 2.76. The van der Waals surface area contributed by atoms with Crippen LogP contribution in [0.25, 0.3) is 0 Å². The molecule has 7 heteroatoms. The van der Waals surface area contributed by atoms with Crippen LogP contribution >= 0.6 is 8.58 Å². The summed E-state index contributed by atoms with van der Waals surface area (Å²) in [7, 11) is 4.59. The van der Waals surface area contributed by atoms with Gasteiger partial charge in [0, 0.05) is 12.1 Å². The molecule has 32 heavy (non-hydrogen) atoms. The molecule has 0 amide bonds. The Bertz CT molecular complexity index is 846. The maximum Gasteiger partial charge on any atom is 1.00 e. The van der Waals surface area contributed by atoms with Crippen LogP contribution in [0.3, 0.4) is 0 Å². The molecular weight excluding hydrogens is 418 g/mol. The molecule has 0 aliphatic rings. The van der Waals surface area contributed by atoms with Crippen molar-refractivity contribution in [3.05, 3.63) is 41.5 Å². The van der Waals surface area contributed by atoms with Gasteiger partial charge in [-0.2, -0.15) is 0 Å². The van der Waals surface area contributed by atoms with E-state index in [2.05, 4.69) is 13.8 Å². The first-order valence-corrected chi connectivity index (χ1v) is 11.8. The van der Waals surface area contributed by atoms with Gasteiger partial charge in [0.15, 0.2) is 5.52 Å². The van der Waals surface area contributed by atoms with E-state index in [1.165, 1.54) is 33.5 Å². The first kappa shape index (κ1) is 28.4. The van der Waals surface area contributed by atoms with Gasteiger partial charge < -0.3 is 18.9 Å². The normalized spacial score (nSPS) is 11.7. The number of methoxy groups -OCH3 is 3. The van der Waals surface area contributed by atoms with E-state index in [4.69, 9.17) is 18.9 Å². The molecule has 0 aromatic heterocycles. The van der Waals surface area contributed by atoms with Gasteiger partial charge in [-0.1, -0.05) is 39.2 Å². The van der Waals surface area contributed by atoms with E-state index in [0.29, 0.717) is 28.7 Å². The average molecular weight is 453 g/mol. The second-order valence-electron chi connectivity index (χ2n) is 7.57. The van der Waals surface area contributed by atoms with Crippen LogP contribution in [0, 0.1) is 12.8 Å².